The topological polar surface area (TPSA) is 25.8 Å². The van der Waals surface area contributed by atoms with Gasteiger partial charge in [0.15, 0.2) is 0 Å². The number of fused-ring (bicyclic) bond motifs is 1. The van der Waals surface area contributed by atoms with Crippen LogP contribution >= 0.6 is 46.1 Å². The van der Waals surface area contributed by atoms with Crippen LogP contribution in [-0.2, 0) is 5.88 Å². The number of alkyl halides is 1. The molecular weight excluding hydrogens is 323 g/mol. The molecule has 0 fully saturated rings. The SMILES string of the molecule is ClCc1nc(Cl)c2c(-c3ccc(Cl)cc3)csc2n1. The van der Waals surface area contributed by atoms with Gasteiger partial charge in [-0.1, -0.05) is 35.3 Å². The van der Waals surface area contributed by atoms with Crippen LogP contribution in [0.15, 0.2) is 29.6 Å². The molecule has 6 heteroatoms. The number of thiophene rings is 1. The molecule has 0 spiro atoms. The zero-order valence-corrected chi connectivity index (χ0v) is 12.6. The summed E-state index contributed by atoms with van der Waals surface area (Å²) >= 11 is 19.4. The van der Waals surface area contributed by atoms with Gasteiger partial charge in [-0.05, 0) is 17.7 Å². The highest BCUT2D eigenvalue weighted by molar-refractivity contribution is 7.17. The van der Waals surface area contributed by atoms with Gasteiger partial charge >= 0.3 is 0 Å². The standard InChI is InChI=1S/C13H7Cl3N2S/c14-5-10-17-12(16)11-9(6-19-13(11)18-10)7-1-3-8(15)4-2-7/h1-4,6H,5H2. The summed E-state index contributed by atoms with van der Waals surface area (Å²) in [5.41, 5.74) is 2.06. The molecule has 0 atom stereocenters. The predicted octanol–water partition coefficient (Wildman–Crippen LogP) is 5.40. The Balaban J connectivity index is 2.23. The number of halogens is 3. The Bertz CT molecular complexity index is 737. The van der Waals surface area contributed by atoms with Gasteiger partial charge in [0.1, 0.15) is 15.8 Å². The second kappa shape index (κ2) is 5.25. The third-order valence-electron chi connectivity index (χ3n) is 2.71. The molecule has 3 aromatic rings. The minimum absolute atomic E-state index is 0.254. The minimum atomic E-state index is 0.254. The minimum Gasteiger partial charge on any atom is -0.221 e. The monoisotopic (exact) mass is 328 g/mol. The van der Waals surface area contributed by atoms with Crippen molar-refractivity contribution < 1.29 is 0 Å². The van der Waals surface area contributed by atoms with Gasteiger partial charge in [-0.25, -0.2) is 9.97 Å². The van der Waals surface area contributed by atoms with E-state index in [1.54, 1.807) is 0 Å². The molecule has 0 aliphatic heterocycles. The van der Waals surface area contributed by atoms with Crippen LogP contribution in [-0.4, -0.2) is 9.97 Å². The normalized spacial score (nSPS) is 11.1. The molecule has 0 unspecified atom stereocenters. The molecule has 2 aromatic heterocycles. The van der Waals surface area contributed by atoms with Gasteiger partial charge in [0, 0.05) is 16.0 Å². The van der Waals surface area contributed by atoms with Gasteiger partial charge in [0.25, 0.3) is 0 Å². The molecule has 2 nitrogen and oxygen atoms in total. The Kier molecular flexibility index (Phi) is 3.63. The first kappa shape index (κ1) is 13.1. The zero-order valence-electron chi connectivity index (χ0n) is 9.53. The van der Waals surface area contributed by atoms with Crippen LogP contribution in [0, 0.1) is 0 Å². The average Bonchev–Trinajstić information content (AvgIpc) is 2.84. The smallest absolute Gasteiger partial charge is 0.146 e. The Morgan fingerprint density at radius 3 is 2.47 bits per heavy atom. The maximum Gasteiger partial charge on any atom is 0.146 e. The third kappa shape index (κ3) is 2.43. The number of aromatic nitrogens is 2. The van der Waals surface area contributed by atoms with Crippen LogP contribution < -0.4 is 0 Å². The van der Waals surface area contributed by atoms with Crippen molar-refractivity contribution in [3.05, 3.63) is 45.6 Å². The average molecular weight is 330 g/mol. The van der Waals surface area contributed by atoms with E-state index >= 15 is 0 Å². The van der Waals surface area contributed by atoms with Gasteiger partial charge in [0.2, 0.25) is 0 Å². The largest absolute Gasteiger partial charge is 0.221 e. The summed E-state index contributed by atoms with van der Waals surface area (Å²) in [5, 5.41) is 4.02. The van der Waals surface area contributed by atoms with Gasteiger partial charge in [-0.3, -0.25) is 0 Å². The molecule has 2 heterocycles. The summed E-state index contributed by atoms with van der Waals surface area (Å²) in [6.45, 7) is 0. The van der Waals surface area contributed by atoms with Crippen LogP contribution in [0.3, 0.4) is 0 Å². The van der Waals surface area contributed by atoms with E-state index in [2.05, 4.69) is 9.97 Å². The molecule has 0 bridgehead atoms. The number of hydrogen-bond acceptors (Lipinski definition) is 3. The lowest BCUT2D eigenvalue weighted by molar-refractivity contribution is 1.07. The fourth-order valence-corrected chi connectivity index (χ4v) is 3.40. The Morgan fingerprint density at radius 2 is 1.79 bits per heavy atom. The lowest BCUT2D eigenvalue weighted by Gasteiger charge is -2.02. The highest BCUT2D eigenvalue weighted by Gasteiger charge is 2.13. The van der Waals surface area contributed by atoms with Gasteiger partial charge in [-0.15, -0.1) is 22.9 Å². The quantitative estimate of drug-likeness (QED) is 0.464. The first-order valence-electron chi connectivity index (χ1n) is 5.44. The maximum absolute atomic E-state index is 6.24. The Labute approximate surface area is 129 Å². The summed E-state index contributed by atoms with van der Waals surface area (Å²) < 4.78 is 0. The number of rotatable bonds is 2. The number of hydrogen-bond donors (Lipinski definition) is 0. The molecule has 19 heavy (non-hydrogen) atoms. The van der Waals surface area contributed by atoms with E-state index in [0.717, 1.165) is 21.3 Å². The van der Waals surface area contributed by atoms with Crippen LogP contribution in [0.5, 0.6) is 0 Å². The van der Waals surface area contributed by atoms with E-state index in [1.807, 2.05) is 29.6 Å². The summed E-state index contributed by atoms with van der Waals surface area (Å²) in [6.07, 6.45) is 0. The van der Waals surface area contributed by atoms with E-state index in [-0.39, 0.29) is 5.88 Å². The Hall–Kier alpha value is -0.870. The molecule has 3 rings (SSSR count). The zero-order chi connectivity index (χ0) is 13.4. The maximum atomic E-state index is 6.24. The van der Waals surface area contributed by atoms with Crippen molar-refractivity contribution in [3.63, 3.8) is 0 Å². The first-order valence-corrected chi connectivity index (χ1v) is 7.61. The number of benzene rings is 1. The molecule has 96 valence electrons. The molecule has 0 aliphatic rings. The second-order valence-corrected chi connectivity index (χ2v) is 5.82. The fourth-order valence-electron chi connectivity index (χ4n) is 1.84. The molecular formula is C13H7Cl3N2S. The third-order valence-corrected chi connectivity index (χ3v) is 4.35. The van der Waals surface area contributed by atoms with Gasteiger partial charge in [-0.2, -0.15) is 0 Å². The van der Waals surface area contributed by atoms with Crippen molar-refractivity contribution in [2.24, 2.45) is 0 Å². The fraction of sp³-hybridized carbons (Fsp3) is 0.0769. The van der Waals surface area contributed by atoms with Crippen molar-refractivity contribution in [2.75, 3.05) is 0 Å². The second-order valence-electron chi connectivity index (χ2n) is 3.90. The summed E-state index contributed by atoms with van der Waals surface area (Å²) in [5.74, 6) is 0.799. The van der Waals surface area contributed by atoms with Crippen molar-refractivity contribution in [1.82, 2.24) is 9.97 Å². The van der Waals surface area contributed by atoms with E-state index in [0.29, 0.717) is 16.0 Å². The highest BCUT2D eigenvalue weighted by atomic mass is 35.5. The summed E-state index contributed by atoms with van der Waals surface area (Å²) in [6, 6.07) is 7.61. The van der Waals surface area contributed by atoms with Crippen molar-refractivity contribution in [3.8, 4) is 11.1 Å². The van der Waals surface area contributed by atoms with Crippen LogP contribution in [0.4, 0.5) is 0 Å². The van der Waals surface area contributed by atoms with E-state index in [4.69, 9.17) is 34.8 Å². The molecule has 0 amide bonds. The highest BCUT2D eigenvalue weighted by Crippen LogP contribution is 2.37. The molecule has 0 N–H and O–H groups in total. The molecule has 1 aromatic carbocycles. The lowest BCUT2D eigenvalue weighted by Crippen LogP contribution is -1.91. The summed E-state index contributed by atoms with van der Waals surface area (Å²) in [4.78, 5) is 9.43. The Morgan fingerprint density at radius 1 is 1.05 bits per heavy atom. The van der Waals surface area contributed by atoms with E-state index in [9.17, 15) is 0 Å². The summed E-state index contributed by atoms with van der Waals surface area (Å²) in [7, 11) is 0. The lowest BCUT2D eigenvalue weighted by atomic mass is 10.1. The van der Waals surface area contributed by atoms with Crippen LogP contribution in [0.25, 0.3) is 21.3 Å². The number of nitrogens with zero attached hydrogens (tertiary/aromatic N) is 2. The predicted molar refractivity (Wildman–Crippen MR) is 82.4 cm³/mol. The van der Waals surface area contributed by atoms with Crippen LogP contribution in [0.2, 0.25) is 10.2 Å². The first-order chi connectivity index (χ1) is 9.19. The molecule has 0 aliphatic carbocycles. The van der Waals surface area contributed by atoms with Crippen molar-refractivity contribution in [1.29, 1.82) is 0 Å². The molecule has 0 radical (unpaired) electrons. The molecule has 0 saturated heterocycles. The molecule has 0 saturated carbocycles. The van der Waals surface area contributed by atoms with Gasteiger partial charge in [0.05, 0.1) is 11.3 Å². The van der Waals surface area contributed by atoms with E-state index in [1.165, 1.54) is 11.3 Å². The van der Waals surface area contributed by atoms with Crippen molar-refractivity contribution >= 4 is 56.4 Å². The van der Waals surface area contributed by atoms with Gasteiger partial charge < -0.3 is 0 Å². The van der Waals surface area contributed by atoms with Crippen molar-refractivity contribution in [2.45, 2.75) is 5.88 Å². The van der Waals surface area contributed by atoms with Crippen LogP contribution in [0.1, 0.15) is 5.82 Å². The van der Waals surface area contributed by atoms with E-state index < -0.39 is 0 Å².